The zero-order chi connectivity index (χ0) is 10.8. The molecule has 1 aliphatic heterocycles. The van der Waals surface area contributed by atoms with Gasteiger partial charge in [-0.3, -0.25) is 0 Å². The second kappa shape index (κ2) is 4.71. The van der Waals surface area contributed by atoms with E-state index < -0.39 is 0 Å². The van der Waals surface area contributed by atoms with Crippen molar-refractivity contribution in [3.8, 4) is 0 Å². The third-order valence-electron chi connectivity index (χ3n) is 3.13. The van der Waals surface area contributed by atoms with Crippen molar-refractivity contribution in [2.45, 2.75) is 48.6 Å². The van der Waals surface area contributed by atoms with E-state index in [0.29, 0.717) is 11.3 Å². The fourth-order valence-corrected chi connectivity index (χ4v) is 3.21. The topological polar surface area (TPSA) is 55.6 Å². The van der Waals surface area contributed by atoms with Crippen LogP contribution in [-0.4, -0.2) is 38.5 Å². The van der Waals surface area contributed by atoms with Gasteiger partial charge in [-0.15, -0.1) is 5.10 Å². The maximum Gasteiger partial charge on any atom is 0.209 e. The fraction of sp³-hybridized carbons (Fsp3) is 0.900. The first-order valence-electron chi connectivity index (χ1n) is 6.09. The minimum absolute atomic E-state index is 0.580. The third-order valence-corrected chi connectivity index (χ3v) is 4.34. The number of tetrazole rings is 1. The average molecular weight is 239 g/mol. The van der Waals surface area contributed by atoms with E-state index in [1.165, 1.54) is 32.1 Å². The molecule has 5 nitrogen and oxygen atoms in total. The number of thioether (sulfide) groups is 1. The molecule has 0 aromatic carbocycles. The van der Waals surface area contributed by atoms with Crippen molar-refractivity contribution < 1.29 is 0 Å². The maximum absolute atomic E-state index is 4.14. The summed E-state index contributed by atoms with van der Waals surface area (Å²) in [4.78, 5) is 0. The summed E-state index contributed by atoms with van der Waals surface area (Å²) in [7, 11) is 0. The molecule has 0 amide bonds. The van der Waals surface area contributed by atoms with Crippen LogP contribution in [0.2, 0.25) is 0 Å². The molecule has 2 fully saturated rings. The first-order chi connectivity index (χ1) is 7.93. The molecule has 1 aromatic heterocycles. The van der Waals surface area contributed by atoms with Gasteiger partial charge in [0.25, 0.3) is 0 Å². The summed E-state index contributed by atoms with van der Waals surface area (Å²) >= 11 is 1.84. The second-order valence-electron chi connectivity index (χ2n) is 4.58. The number of rotatable bonds is 3. The highest BCUT2D eigenvalue weighted by Gasteiger charge is 2.29. The summed E-state index contributed by atoms with van der Waals surface area (Å²) in [6.07, 6.45) is 6.36. The van der Waals surface area contributed by atoms with Crippen LogP contribution in [0.4, 0.5) is 0 Å². The van der Waals surface area contributed by atoms with E-state index in [0.717, 1.165) is 18.2 Å². The zero-order valence-corrected chi connectivity index (χ0v) is 10.1. The normalized spacial score (nSPS) is 26.6. The van der Waals surface area contributed by atoms with Gasteiger partial charge in [0.15, 0.2) is 0 Å². The van der Waals surface area contributed by atoms with E-state index in [4.69, 9.17) is 0 Å². The van der Waals surface area contributed by atoms with Crippen LogP contribution < -0.4 is 5.32 Å². The molecule has 1 atom stereocenters. The van der Waals surface area contributed by atoms with Gasteiger partial charge in [-0.05, 0) is 42.7 Å². The molecule has 6 heteroatoms. The number of aromatic nitrogens is 4. The van der Waals surface area contributed by atoms with Gasteiger partial charge in [0.05, 0.1) is 6.04 Å². The minimum atomic E-state index is 0.580. The van der Waals surface area contributed by atoms with Gasteiger partial charge in [-0.2, -0.15) is 0 Å². The first kappa shape index (κ1) is 10.5. The van der Waals surface area contributed by atoms with Crippen molar-refractivity contribution in [1.29, 1.82) is 0 Å². The fourth-order valence-electron chi connectivity index (χ4n) is 2.05. The largest absolute Gasteiger partial charge is 0.316 e. The Hall–Kier alpha value is -0.620. The third kappa shape index (κ3) is 2.38. The summed E-state index contributed by atoms with van der Waals surface area (Å²) in [5, 5.41) is 17.1. The molecule has 2 aliphatic rings. The Morgan fingerprint density at radius 1 is 1.25 bits per heavy atom. The highest BCUT2D eigenvalue weighted by atomic mass is 32.2. The van der Waals surface area contributed by atoms with Gasteiger partial charge in [0, 0.05) is 11.8 Å². The van der Waals surface area contributed by atoms with Crippen LogP contribution in [0.5, 0.6) is 0 Å². The molecule has 1 aromatic rings. The molecule has 0 spiro atoms. The Balaban J connectivity index is 1.65. The summed E-state index contributed by atoms with van der Waals surface area (Å²) < 4.78 is 2.01. The average Bonchev–Trinajstić information content (AvgIpc) is 3.07. The molecular weight excluding hydrogens is 222 g/mol. The Labute approximate surface area is 99.4 Å². The van der Waals surface area contributed by atoms with Crippen LogP contribution in [0.25, 0.3) is 0 Å². The zero-order valence-electron chi connectivity index (χ0n) is 9.30. The molecule has 1 unspecified atom stereocenters. The van der Waals surface area contributed by atoms with Crippen molar-refractivity contribution in [1.82, 2.24) is 25.5 Å². The van der Waals surface area contributed by atoms with Gasteiger partial charge in [-0.25, -0.2) is 4.68 Å². The lowest BCUT2D eigenvalue weighted by Gasteiger charge is -2.12. The van der Waals surface area contributed by atoms with E-state index in [2.05, 4.69) is 20.8 Å². The lowest BCUT2D eigenvalue weighted by molar-refractivity contribution is 0.563. The molecule has 1 saturated heterocycles. The van der Waals surface area contributed by atoms with Crippen molar-refractivity contribution in [2.24, 2.45) is 0 Å². The molecule has 0 bridgehead atoms. The molecule has 1 N–H and O–H groups in total. The van der Waals surface area contributed by atoms with Gasteiger partial charge in [0.2, 0.25) is 5.16 Å². The standard InChI is InChI=1S/C10H17N5S/c1-2-6-11-7-9(3-1)16-10-12-13-14-15(10)8-4-5-8/h8-9,11H,1-7H2. The summed E-state index contributed by atoms with van der Waals surface area (Å²) in [5.41, 5.74) is 0. The van der Waals surface area contributed by atoms with E-state index in [1.54, 1.807) is 0 Å². The van der Waals surface area contributed by atoms with E-state index >= 15 is 0 Å². The summed E-state index contributed by atoms with van der Waals surface area (Å²) in [5.74, 6) is 0. The lowest BCUT2D eigenvalue weighted by Crippen LogP contribution is -2.22. The van der Waals surface area contributed by atoms with Crippen LogP contribution in [-0.2, 0) is 0 Å². The molecule has 1 aliphatic carbocycles. The van der Waals surface area contributed by atoms with Crippen LogP contribution >= 0.6 is 11.8 Å². The smallest absolute Gasteiger partial charge is 0.209 e. The summed E-state index contributed by atoms with van der Waals surface area (Å²) in [6, 6.07) is 0.580. The van der Waals surface area contributed by atoms with Gasteiger partial charge < -0.3 is 5.32 Å². The number of nitrogens with zero attached hydrogens (tertiary/aromatic N) is 4. The number of hydrogen-bond donors (Lipinski definition) is 1. The highest BCUT2D eigenvalue weighted by Crippen LogP contribution is 2.37. The Morgan fingerprint density at radius 2 is 2.19 bits per heavy atom. The van der Waals surface area contributed by atoms with Gasteiger partial charge in [0.1, 0.15) is 0 Å². The number of hydrogen-bond acceptors (Lipinski definition) is 5. The summed E-state index contributed by atoms with van der Waals surface area (Å²) in [6.45, 7) is 2.24. The first-order valence-corrected chi connectivity index (χ1v) is 6.96. The van der Waals surface area contributed by atoms with Crippen LogP contribution in [0.1, 0.15) is 38.1 Å². The maximum atomic E-state index is 4.14. The Kier molecular flexibility index (Phi) is 3.10. The Bertz CT molecular complexity index is 341. The molecular formula is C10H17N5S. The van der Waals surface area contributed by atoms with Crippen molar-refractivity contribution in [3.05, 3.63) is 0 Å². The minimum Gasteiger partial charge on any atom is -0.316 e. The van der Waals surface area contributed by atoms with Crippen molar-refractivity contribution in [3.63, 3.8) is 0 Å². The van der Waals surface area contributed by atoms with Crippen LogP contribution in [0.3, 0.4) is 0 Å². The van der Waals surface area contributed by atoms with Crippen LogP contribution in [0, 0.1) is 0 Å². The van der Waals surface area contributed by atoms with Crippen LogP contribution in [0.15, 0.2) is 5.16 Å². The van der Waals surface area contributed by atoms with E-state index in [-0.39, 0.29) is 0 Å². The molecule has 2 heterocycles. The number of nitrogens with one attached hydrogen (secondary N) is 1. The monoisotopic (exact) mass is 239 g/mol. The van der Waals surface area contributed by atoms with E-state index in [9.17, 15) is 0 Å². The van der Waals surface area contributed by atoms with Crippen molar-refractivity contribution in [2.75, 3.05) is 13.1 Å². The molecule has 88 valence electrons. The van der Waals surface area contributed by atoms with E-state index in [1.807, 2.05) is 16.4 Å². The Morgan fingerprint density at radius 3 is 3.06 bits per heavy atom. The van der Waals surface area contributed by atoms with Gasteiger partial charge in [-0.1, -0.05) is 18.2 Å². The molecule has 1 saturated carbocycles. The molecule has 0 radical (unpaired) electrons. The second-order valence-corrected chi connectivity index (χ2v) is 5.84. The molecule has 3 rings (SSSR count). The predicted molar refractivity (Wildman–Crippen MR) is 62.5 cm³/mol. The van der Waals surface area contributed by atoms with Crippen molar-refractivity contribution >= 4 is 11.8 Å². The van der Waals surface area contributed by atoms with Gasteiger partial charge >= 0.3 is 0 Å². The highest BCUT2D eigenvalue weighted by molar-refractivity contribution is 7.99. The molecule has 16 heavy (non-hydrogen) atoms. The quantitative estimate of drug-likeness (QED) is 0.860. The SMILES string of the molecule is C1CCC(Sc2nnnn2C2CC2)CNC1. The lowest BCUT2D eigenvalue weighted by atomic mass is 10.2. The predicted octanol–water partition coefficient (Wildman–Crippen LogP) is 1.24.